The van der Waals surface area contributed by atoms with Crippen molar-refractivity contribution in [3.63, 3.8) is 0 Å². The number of ether oxygens (including phenoxy) is 14. The SMILES string of the molecule is CCCCCCCCCCCCCCCC(=O)O[C@@H]1[C@@H](O)[C@@H](O)[C@H](O[C@@H]2[C@@H](O[C@@H]3O[C@H](CO)[C@@H](OC(=O)CCCCCCCCCCCCCCC)[C@H](O)[C@H]3O)[C@@H](OC(=O)CCCCCCCCCCCCCCC)[C@H](O[C@@H]3[C@@H](O)[C@H]4OC(=O)CCCCCCCCC[C@H](CCCCC)O[C@@H]5O[C@H](C)[C@H](O)[C@H](O)[C@H]5O[C@@H]4O[C@H]3C)O[C@H]2C)O[C@H]1C. The highest BCUT2D eigenvalue weighted by Crippen LogP contribution is 2.40. The molecule has 702 valence electrons. The zero-order valence-electron chi connectivity index (χ0n) is 75.5. The van der Waals surface area contributed by atoms with E-state index in [1.807, 2.05) is 0 Å². The fraction of sp³-hybridized carbons (Fsp3) is 0.957. The summed E-state index contributed by atoms with van der Waals surface area (Å²) in [6.45, 7) is 14.2. The van der Waals surface area contributed by atoms with Gasteiger partial charge in [0, 0.05) is 25.7 Å². The van der Waals surface area contributed by atoms with Crippen LogP contribution in [-0.2, 0) is 85.5 Å². The minimum Gasteiger partial charge on any atom is -0.457 e. The summed E-state index contributed by atoms with van der Waals surface area (Å²) in [6, 6.07) is 0. The molecule has 26 nitrogen and oxygen atoms in total. The first-order valence-electron chi connectivity index (χ1n) is 48.9. The Hall–Kier alpha value is -2.84. The molecule has 120 heavy (non-hydrogen) atoms. The maximum atomic E-state index is 14.8. The third-order valence-electron chi connectivity index (χ3n) is 25.4. The van der Waals surface area contributed by atoms with Crippen molar-refractivity contribution in [1.82, 2.24) is 0 Å². The van der Waals surface area contributed by atoms with Crippen LogP contribution >= 0.6 is 0 Å². The number of rotatable bonds is 56. The molecule has 0 radical (unpaired) electrons. The summed E-state index contributed by atoms with van der Waals surface area (Å²) in [4.78, 5) is 56.2. The second kappa shape index (κ2) is 62.4. The molecule has 6 rings (SSSR count). The van der Waals surface area contributed by atoms with E-state index < -0.39 is 184 Å². The first-order valence-corrected chi connectivity index (χ1v) is 48.9. The number of carbonyl (C=O) groups is 4. The Balaban J connectivity index is 1.29. The van der Waals surface area contributed by atoms with Gasteiger partial charge in [-0.15, -0.1) is 0 Å². The lowest BCUT2D eigenvalue weighted by molar-refractivity contribution is -0.400. The average molecular weight is 1720 g/mol. The first-order chi connectivity index (χ1) is 58.2. The van der Waals surface area contributed by atoms with E-state index in [9.17, 15) is 60.0 Å². The highest BCUT2D eigenvalue weighted by Gasteiger charge is 2.59. The Kier molecular flexibility index (Phi) is 55.1. The molecule has 6 aliphatic rings. The minimum atomic E-state index is -2.05. The molecule has 0 spiro atoms. The van der Waals surface area contributed by atoms with E-state index in [1.165, 1.54) is 148 Å². The van der Waals surface area contributed by atoms with Crippen molar-refractivity contribution >= 4 is 23.9 Å². The van der Waals surface area contributed by atoms with E-state index in [1.54, 1.807) is 20.8 Å². The molecular weight excluding hydrogens is 1550 g/mol. The number of unbranched alkanes of at least 4 members (excludes halogenated alkanes) is 38. The molecule has 0 bridgehead atoms. The molecule has 0 saturated carbocycles. The lowest BCUT2D eigenvalue weighted by Gasteiger charge is -2.51. The van der Waals surface area contributed by atoms with E-state index in [4.69, 9.17) is 66.3 Å². The molecule has 6 saturated heterocycles. The number of carbonyl (C=O) groups excluding carboxylic acids is 4. The van der Waals surface area contributed by atoms with Crippen LogP contribution in [0.1, 0.15) is 409 Å². The molecule has 0 unspecified atom stereocenters. The zero-order chi connectivity index (χ0) is 86.8. The molecule has 0 aliphatic carbocycles. The third-order valence-corrected chi connectivity index (χ3v) is 25.4. The monoisotopic (exact) mass is 1720 g/mol. The average Bonchev–Trinajstić information content (AvgIpc) is 0.757. The van der Waals surface area contributed by atoms with Crippen molar-refractivity contribution in [2.75, 3.05) is 6.61 Å². The van der Waals surface area contributed by atoms with Crippen molar-refractivity contribution in [1.29, 1.82) is 0 Å². The number of hydrogen-bond donors (Lipinski definition) is 8. The normalized spacial score (nSPS) is 33.1. The Morgan fingerprint density at radius 3 is 1.15 bits per heavy atom. The fourth-order valence-corrected chi connectivity index (χ4v) is 17.8. The predicted molar refractivity (Wildman–Crippen MR) is 456 cm³/mol. The van der Waals surface area contributed by atoms with Gasteiger partial charge in [-0.05, 0) is 66.2 Å². The maximum Gasteiger partial charge on any atom is 0.306 e. The van der Waals surface area contributed by atoms with Crippen LogP contribution in [0.2, 0.25) is 0 Å². The van der Waals surface area contributed by atoms with E-state index >= 15 is 0 Å². The number of aliphatic hydroxyl groups excluding tert-OH is 8. The Bertz CT molecular complexity index is 2630. The van der Waals surface area contributed by atoms with E-state index in [0.29, 0.717) is 44.9 Å². The van der Waals surface area contributed by atoms with Crippen LogP contribution in [0.4, 0.5) is 0 Å². The Morgan fingerprint density at radius 1 is 0.317 bits per heavy atom. The van der Waals surface area contributed by atoms with E-state index in [0.717, 1.165) is 141 Å². The van der Waals surface area contributed by atoms with Gasteiger partial charge in [0.1, 0.15) is 73.2 Å². The van der Waals surface area contributed by atoms with Crippen LogP contribution in [0.25, 0.3) is 0 Å². The summed E-state index contributed by atoms with van der Waals surface area (Å²) < 4.78 is 90.5. The summed E-state index contributed by atoms with van der Waals surface area (Å²) in [6.07, 6.45) is 12.3. The van der Waals surface area contributed by atoms with Gasteiger partial charge < -0.3 is 107 Å². The van der Waals surface area contributed by atoms with Gasteiger partial charge in [-0.1, -0.05) is 317 Å². The number of fused-ring (bicyclic) bond motifs is 2. The van der Waals surface area contributed by atoms with Gasteiger partial charge in [-0.25, -0.2) is 0 Å². The van der Waals surface area contributed by atoms with Gasteiger partial charge in [0.25, 0.3) is 0 Å². The van der Waals surface area contributed by atoms with Crippen molar-refractivity contribution < 1.29 is 126 Å². The van der Waals surface area contributed by atoms with E-state index in [2.05, 4.69) is 27.7 Å². The van der Waals surface area contributed by atoms with Crippen molar-refractivity contribution in [2.24, 2.45) is 0 Å². The number of hydrogen-bond acceptors (Lipinski definition) is 26. The molecule has 26 atom stereocenters. The van der Waals surface area contributed by atoms with Crippen LogP contribution in [0.5, 0.6) is 0 Å². The molecule has 6 fully saturated rings. The molecule has 0 aromatic rings. The van der Waals surface area contributed by atoms with Crippen LogP contribution in [-0.4, -0.2) is 231 Å². The van der Waals surface area contributed by atoms with Crippen LogP contribution in [0.15, 0.2) is 0 Å². The quantitative estimate of drug-likeness (QED) is 0.0159. The highest BCUT2D eigenvalue weighted by atomic mass is 16.8. The second-order valence-corrected chi connectivity index (χ2v) is 36.0. The van der Waals surface area contributed by atoms with E-state index in [-0.39, 0.29) is 31.8 Å². The number of esters is 4. The first kappa shape index (κ1) is 106. The predicted octanol–water partition coefficient (Wildman–Crippen LogP) is 16.3. The van der Waals surface area contributed by atoms with Crippen LogP contribution in [0.3, 0.4) is 0 Å². The highest BCUT2D eigenvalue weighted by molar-refractivity contribution is 5.71. The lowest BCUT2D eigenvalue weighted by atomic mass is 9.95. The molecule has 26 heteroatoms. The van der Waals surface area contributed by atoms with Crippen molar-refractivity contribution in [3.05, 3.63) is 0 Å². The Labute approximate surface area is 721 Å². The lowest BCUT2D eigenvalue weighted by Crippen LogP contribution is -2.68. The van der Waals surface area contributed by atoms with Crippen LogP contribution in [0, 0.1) is 0 Å². The van der Waals surface area contributed by atoms with Gasteiger partial charge in [0.2, 0.25) is 0 Å². The van der Waals surface area contributed by atoms with Crippen LogP contribution < -0.4 is 0 Å². The summed E-state index contributed by atoms with van der Waals surface area (Å²) >= 11 is 0. The van der Waals surface area contributed by atoms with Gasteiger partial charge in [0.05, 0.1) is 37.1 Å². The summed E-state index contributed by atoms with van der Waals surface area (Å²) in [5.41, 5.74) is 0. The zero-order valence-corrected chi connectivity index (χ0v) is 75.5. The maximum absolute atomic E-state index is 14.8. The largest absolute Gasteiger partial charge is 0.457 e. The van der Waals surface area contributed by atoms with Crippen molar-refractivity contribution in [3.8, 4) is 0 Å². The van der Waals surface area contributed by atoms with Gasteiger partial charge in [0.15, 0.2) is 55.9 Å². The molecule has 0 aromatic carbocycles. The number of aliphatic hydroxyl groups is 8. The van der Waals surface area contributed by atoms with Gasteiger partial charge >= 0.3 is 23.9 Å². The van der Waals surface area contributed by atoms with Gasteiger partial charge in [-0.3, -0.25) is 19.2 Å². The standard InChI is InChI=1S/C94H170O26/c1-9-13-17-20-23-26-29-32-35-38-43-48-54-60-71(96)113-82-66(6)108-90(79(104)77(82)102)118-84-68(8)110-94(117-83-67(7)109-93-87(81(83)106)115-73(98)62-56-51-46-41-42-47-53-59-69(58-52-16-12-4)111-92-86(119-93)76(101)75(100)65(5)107-92)89(116-74(99)63-57-50-45-40-37-34-31-28-25-22-19-15-11-3)88(84)120-91-80(105)78(103)85(70(64-95)112-91)114-72(97)61-55-49-44-39-36-33-30-27-24-21-18-14-10-2/h65-70,75-95,100-106H,9-64H2,1-8H3/t65-,66+,67+,68+,69+,70-,75+,76+,77+,78-,79-,80-,81-,82+,83+,84+,85-,86-,87-,88-,89-,90+,91+,92+,93+,94+/m1/s1. The smallest absolute Gasteiger partial charge is 0.306 e. The topological polar surface area (TPSA) is 359 Å². The molecule has 0 aromatic heterocycles. The van der Waals surface area contributed by atoms with Crippen molar-refractivity contribution in [2.45, 2.75) is 568 Å². The Morgan fingerprint density at radius 2 is 0.675 bits per heavy atom. The van der Waals surface area contributed by atoms with Gasteiger partial charge in [-0.2, -0.15) is 0 Å². The summed E-state index contributed by atoms with van der Waals surface area (Å²) in [5, 5.41) is 95.8. The fourth-order valence-electron chi connectivity index (χ4n) is 17.8. The molecule has 8 N–H and O–H groups in total. The third kappa shape index (κ3) is 38.6. The minimum absolute atomic E-state index is 0.000313. The summed E-state index contributed by atoms with van der Waals surface area (Å²) in [5.74, 6) is -2.74. The molecule has 6 heterocycles. The molecule has 0 amide bonds. The second-order valence-electron chi connectivity index (χ2n) is 36.0. The molecular formula is C94H170O26. The summed E-state index contributed by atoms with van der Waals surface area (Å²) in [7, 11) is 0. The molecule has 6 aliphatic heterocycles.